The van der Waals surface area contributed by atoms with Crippen LogP contribution < -0.4 is 21.4 Å². The Morgan fingerprint density at radius 3 is 3.00 bits per heavy atom. The number of hydrazone groups is 1. The van der Waals surface area contributed by atoms with Gasteiger partial charge in [-0.1, -0.05) is 11.8 Å². The molecule has 0 unspecified atom stereocenters. The molecular weight excluding hydrogens is 338 g/mol. The molecule has 11 heteroatoms. The minimum absolute atomic E-state index is 0.00582. The third-order valence-corrected chi connectivity index (χ3v) is 3.58. The van der Waals surface area contributed by atoms with Crippen molar-refractivity contribution >= 4 is 23.9 Å². The van der Waals surface area contributed by atoms with Crippen molar-refractivity contribution in [3.63, 3.8) is 0 Å². The maximum absolute atomic E-state index is 11.6. The van der Waals surface area contributed by atoms with E-state index in [-0.39, 0.29) is 22.3 Å². The number of aromatic amines is 2. The van der Waals surface area contributed by atoms with Gasteiger partial charge in [-0.05, 0) is 23.8 Å². The van der Waals surface area contributed by atoms with Crippen molar-refractivity contribution in [1.82, 2.24) is 20.6 Å². The largest absolute Gasteiger partial charge is 0.504 e. The number of nitrogens with zero attached hydrogens (tertiary/aromatic N) is 2. The Hall–Kier alpha value is -3.08. The van der Waals surface area contributed by atoms with Gasteiger partial charge in [0, 0.05) is 0 Å². The monoisotopic (exact) mass is 351 g/mol. The fourth-order valence-corrected chi connectivity index (χ4v) is 2.18. The van der Waals surface area contributed by atoms with E-state index >= 15 is 0 Å². The summed E-state index contributed by atoms with van der Waals surface area (Å²) in [6.45, 7) is 0. The number of hydrogen-bond donors (Lipinski definition) is 4. The van der Waals surface area contributed by atoms with Crippen LogP contribution in [0.15, 0.2) is 37.9 Å². The lowest BCUT2D eigenvalue weighted by atomic mass is 10.2. The van der Waals surface area contributed by atoms with Crippen molar-refractivity contribution in [1.29, 1.82) is 0 Å². The number of H-pyrrole nitrogens is 2. The molecule has 0 saturated carbocycles. The van der Waals surface area contributed by atoms with Gasteiger partial charge in [0.15, 0.2) is 16.5 Å². The van der Waals surface area contributed by atoms with Crippen LogP contribution in [0.2, 0.25) is 0 Å². The predicted molar refractivity (Wildman–Crippen MR) is 86.6 cm³/mol. The van der Waals surface area contributed by atoms with Gasteiger partial charge in [-0.3, -0.25) is 14.6 Å². The second-order valence-corrected chi connectivity index (χ2v) is 5.29. The first-order valence-electron chi connectivity index (χ1n) is 6.50. The summed E-state index contributed by atoms with van der Waals surface area (Å²) in [5.74, 6) is -0.300. The highest BCUT2D eigenvalue weighted by Crippen LogP contribution is 2.25. The highest BCUT2D eigenvalue weighted by Gasteiger charge is 2.07. The van der Waals surface area contributed by atoms with Crippen LogP contribution >= 0.6 is 11.8 Å². The maximum atomic E-state index is 11.6. The van der Waals surface area contributed by atoms with E-state index in [1.807, 2.05) is 4.98 Å². The molecule has 24 heavy (non-hydrogen) atoms. The van der Waals surface area contributed by atoms with Crippen molar-refractivity contribution in [2.24, 2.45) is 5.10 Å². The average molecular weight is 351 g/mol. The zero-order valence-corrected chi connectivity index (χ0v) is 13.2. The second kappa shape index (κ2) is 7.97. The topological polar surface area (TPSA) is 150 Å². The average Bonchev–Trinajstić information content (AvgIpc) is 2.55. The number of nitrogens with one attached hydrogen (secondary N) is 3. The van der Waals surface area contributed by atoms with Gasteiger partial charge in [-0.25, -0.2) is 15.3 Å². The summed E-state index contributed by atoms with van der Waals surface area (Å²) in [5, 5.41) is 18.8. The van der Waals surface area contributed by atoms with E-state index in [2.05, 4.69) is 20.7 Å². The van der Waals surface area contributed by atoms with Gasteiger partial charge in [-0.2, -0.15) is 10.2 Å². The number of phenols is 1. The van der Waals surface area contributed by atoms with E-state index in [0.29, 0.717) is 5.56 Å². The molecule has 1 amide bonds. The standard InChI is InChI=1S/C13H13N5O5S/c1-23-9-4-7(2-3-8(9)19)5-14-16-10(20)6-24-12-11(21)15-13(22)18-17-12/h2-5,19H,6H2,1H3,(H,16,20)(H2,15,18,21,22)/b14-5+. The lowest BCUT2D eigenvalue weighted by molar-refractivity contribution is -0.118. The highest BCUT2D eigenvalue weighted by molar-refractivity contribution is 7.99. The Labute approximate surface area is 139 Å². The van der Waals surface area contributed by atoms with Gasteiger partial charge in [0.05, 0.1) is 19.1 Å². The van der Waals surface area contributed by atoms with Gasteiger partial charge in [0.2, 0.25) is 5.91 Å². The van der Waals surface area contributed by atoms with Gasteiger partial charge < -0.3 is 9.84 Å². The normalized spacial score (nSPS) is 10.7. The maximum Gasteiger partial charge on any atom is 0.342 e. The predicted octanol–water partition coefficient (Wildman–Crippen LogP) is -0.585. The van der Waals surface area contributed by atoms with Crippen LogP contribution in [0.3, 0.4) is 0 Å². The van der Waals surface area contributed by atoms with Gasteiger partial charge in [0.1, 0.15) is 0 Å². The molecule has 0 spiro atoms. The lowest BCUT2D eigenvalue weighted by Crippen LogP contribution is -2.26. The number of aromatic nitrogens is 3. The molecule has 0 atom stereocenters. The molecule has 1 aromatic heterocycles. The fourth-order valence-electron chi connectivity index (χ4n) is 1.55. The van der Waals surface area contributed by atoms with Crippen LogP contribution in [0.4, 0.5) is 0 Å². The van der Waals surface area contributed by atoms with Gasteiger partial charge in [-0.15, -0.1) is 0 Å². The summed E-state index contributed by atoms with van der Waals surface area (Å²) in [5.41, 5.74) is 1.50. The zero-order chi connectivity index (χ0) is 17.5. The zero-order valence-electron chi connectivity index (χ0n) is 12.4. The van der Waals surface area contributed by atoms with Crippen molar-refractivity contribution in [3.05, 3.63) is 44.6 Å². The van der Waals surface area contributed by atoms with E-state index in [1.165, 1.54) is 19.4 Å². The summed E-state index contributed by atoms with van der Waals surface area (Å²) >= 11 is 0.854. The number of thioether (sulfide) groups is 1. The lowest BCUT2D eigenvalue weighted by Gasteiger charge is -2.03. The SMILES string of the molecule is COc1cc(/C=N/NC(=O)CSc2n[nH]c(=O)[nH]c2=O)ccc1O. The molecule has 0 aliphatic carbocycles. The molecule has 10 nitrogen and oxygen atoms in total. The second-order valence-electron chi connectivity index (χ2n) is 4.33. The van der Waals surface area contributed by atoms with E-state index in [1.54, 1.807) is 12.1 Å². The fraction of sp³-hybridized carbons (Fsp3) is 0.154. The Balaban J connectivity index is 1.88. The number of carbonyl (C=O) groups is 1. The molecule has 4 N–H and O–H groups in total. The molecule has 0 fully saturated rings. The first-order valence-corrected chi connectivity index (χ1v) is 7.49. The number of aromatic hydroxyl groups is 1. The summed E-state index contributed by atoms with van der Waals surface area (Å²) in [7, 11) is 1.42. The number of rotatable bonds is 6. The van der Waals surface area contributed by atoms with Crippen molar-refractivity contribution < 1.29 is 14.6 Å². The molecular formula is C13H13N5O5S. The van der Waals surface area contributed by atoms with Crippen LogP contribution in [0.1, 0.15) is 5.56 Å². The van der Waals surface area contributed by atoms with Crippen LogP contribution in [0.5, 0.6) is 11.5 Å². The molecule has 126 valence electrons. The summed E-state index contributed by atoms with van der Waals surface area (Å²) < 4.78 is 4.95. The summed E-state index contributed by atoms with van der Waals surface area (Å²) in [6.07, 6.45) is 1.37. The molecule has 0 radical (unpaired) electrons. The Morgan fingerprint density at radius 2 is 2.29 bits per heavy atom. The van der Waals surface area contributed by atoms with Crippen LogP contribution in [0.25, 0.3) is 0 Å². The van der Waals surface area contributed by atoms with Crippen molar-refractivity contribution in [2.75, 3.05) is 12.9 Å². The number of carbonyl (C=O) groups excluding carboxylic acids is 1. The molecule has 1 aromatic carbocycles. The van der Waals surface area contributed by atoms with Crippen LogP contribution in [0, 0.1) is 0 Å². The molecule has 0 saturated heterocycles. The van der Waals surface area contributed by atoms with E-state index in [4.69, 9.17) is 4.74 Å². The number of amides is 1. The smallest absolute Gasteiger partial charge is 0.342 e. The van der Waals surface area contributed by atoms with Crippen molar-refractivity contribution in [3.8, 4) is 11.5 Å². The molecule has 2 rings (SSSR count). The Bertz CT molecular complexity index is 876. The number of hydrogen-bond acceptors (Lipinski definition) is 8. The third-order valence-electron chi connectivity index (χ3n) is 2.63. The minimum Gasteiger partial charge on any atom is -0.504 e. The first-order chi connectivity index (χ1) is 11.5. The summed E-state index contributed by atoms with van der Waals surface area (Å²) in [4.78, 5) is 35.8. The van der Waals surface area contributed by atoms with E-state index < -0.39 is 17.2 Å². The van der Waals surface area contributed by atoms with E-state index in [0.717, 1.165) is 11.8 Å². The Morgan fingerprint density at radius 1 is 1.50 bits per heavy atom. The number of ether oxygens (including phenoxy) is 1. The molecule has 2 aromatic rings. The van der Waals surface area contributed by atoms with Gasteiger partial charge in [0.25, 0.3) is 5.56 Å². The Kier molecular flexibility index (Phi) is 5.73. The molecule has 0 bridgehead atoms. The quantitative estimate of drug-likeness (QED) is 0.309. The van der Waals surface area contributed by atoms with E-state index in [9.17, 15) is 19.5 Å². The molecule has 0 aliphatic rings. The number of phenolic OH excluding ortho intramolecular Hbond substituents is 1. The minimum atomic E-state index is -0.720. The van der Waals surface area contributed by atoms with Crippen LogP contribution in [-0.2, 0) is 4.79 Å². The number of methoxy groups -OCH3 is 1. The number of benzene rings is 1. The highest BCUT2D eigenvalue weighted by atomic mass is 32.2. The van der Waals surface area contributed by atoms with Crippen LogP contribution in [-0.4, -0.2) is 45.3 Å². The first kappa shape index (κ1) is 17.3. The third kappa shape index (κ3) is 4.71. The molecule has 0 aliphatic heterocycles. The molecule has 1 heterocycles. The van der Waals surface area contributed by atoms with Gasteiger partial charge >= 0.3 is 5.69 Å². The summed E-state index contributed by atoms with van der Waals surface area (Å²) in [6, 6.07) is 4.57. The van der Waals surface area contributed by atoms with Crippen molar-refractivity contribution in [2.45, 2.75) is 5.03 Å².